The van der Waals surface area contributed by atoms with Gasteiger partial charge in [0.15, 0.2) is 5.82 Å². The van der Waals surface area contributed by atoms with Crippen molar-refractivity contribution in [3.05, 3.63) is 17.8 Å². The second kappa shape index (κ2) is 5.54. The van der Waals surface area contributed by atoms with Gasteiger partial charge in [0.25, 0.3) is 0 Å². The van der Waals surface area contributed by atoms with Crippen LogP contribution < -0.4 is 10.2 Å². The lowest BCUT2D eigenvalue weighted by Crippen LogP contribution is -2.51. The zero-order valence-electron chi connectivity index (χ0n) is 11.0. The lowest BCUT2D eigenvalue weighted by atomic mass is 9.94. The highest BCUT2D eigenvalue weighted by Crippen LogP contribution is 2.29. The Morgan fingerprint density at radius 2 is 2.26 bits per heavy atom. The summed E-state index contributed by atoms with van der Waals surface area (Å²) in [4.78, 5) is 2.30. The van der Waals surface area contributed by atoms with Gasteiger partial charge in [-0.25, -0.2) is 0 Å². The molecule has 0 spiro atoms. The Morgan fingerprint density at radius 3 is 3.05 bits per heavy atom. The molecule has 1 aromatic rings. The number of rotatable bonds is 2. The summed E-state index contributed by atoms with van der Waals surface area (Å²) in [5.41, 5.74) is 0.639. The average Bonchev–Trinajstić information content (AvgIpc) is 3.01. The molecule has 1 N–H and O–H groups in total. The molecule has 3 heterocycles. The van der Waals surface area contributed by atoms with Crippen molar-refractivity contribution in [2.24, 2.45) is 0 Å². The minimum atomic E-state index is 0.458. The van der Waals surface area contributed by atoms with Gasteiger partial charge < -0.3 is 10.2 Å². The van der Waals surface area contributed by atoms with Crippen LogP contribution in [0.25, 0.3) is 0 Å². The van der Waals surface area contributed by atoms with Crippen LogP contribution in [0.4, 0.5) is 5.82 Å². The van der Waals surface area contributed by atoms with E-state index in [4.69, 9.17) is 0 Å². The van der Waals surface area contributed by atoms with Crippen LogP contribution in [0.3, 0.4) is 0 Å². The highest BCUT2D eigenvalue weighted by molar-refractivity contribution is 5.53. The van der Waals surface area contributed by atoms with Crippen LogP contribution in [-0.4, -0.2) is 35.4 Å². The number of nitrogens with zero attached hydrogens (tertiary/aromatic N) is 4. The van der Waals surface area contributed by atoms with E-state index in [1.54, 1.807) is 12.3 Å². The Morgan fingerprint density at radius 1 is 1.32 bits per heavy atom. The average molecular weight is 257 g/mol. The van der Waals surface area contributed by atoms with Crippen LogP contribution in [0.1, 0.15) is 37.7 Å². The van der Waals surface area contributed by atoms with E-state index in [9.17, 15) is 5.26 Å². The number of aromatic nitrogens is 2. The number of piperidine rings is 1. The third-order valence-corrected chi connectivity index (χ3v) is 4.21. The molecule has 2 unspecified atom stereocenters. The van der Waals surface area contributed by atoms with Crippen molar-refractivity contribution in [3.63, 3.8) is 0 Å². The summed E-state index contributed by atoms with van der Waals surface area (Å²) in [5.74, 6) is 0.767. The van der Waals surface area contributed by atoms with Crippen LogP contribution in [0.2, 0.25) is 0 Å². The van der Waals surface area contributed by atoms with Crippen molar-refractivity contribution < 1.29 is 0 Å². The van der Waals surface area contributed by atoms with Gasteiger partial charge >= 0.3 is 0 Å². The Bertz CT molecular complexity index is 475. The van der Waals surface area contributed by atoms with E-state index in [2.05, 4.69) is 26.5 Å². The number of nitrogens with one attached hydrogen (secondary N) is 1. The molecule has 0 bridgehead atoms. The van der Waals surface area contributed by atoms with Crippen LogP contribution in [0.5, 0.6) is 0 Å². The zero-order chi connectivity index (χ0) is 13.1. The second-order valence-electron chi connectivity index (χ2n) is 5.34. The molecule has 0 aliphatic carbocycles. The molecule has 2 fully saturated rings. The number of anilines is 1. The molecule has 5 nitrogen and oxygen atoms in total. The van der Waals surface area contributed by atoms with Gasteiger partial charge in [-0.3, -0.25) is 0 Å². The smallest absolute Gasteiger partial charge is 0.169 e. The fourth-order valence-electron chi connectivity index (χ4n) is 3.30. The molecule has 2 aliphatic heterocycles. The monoisotopic (exact) mass is 257 g/mol. The van der Waals surface area contributed by atoms with E-state index in [-0.39, 0.29) is 0 Å². The van der Waals surface area contributed by atoms with Crippen molar-refractivity contribution >= 4 is 5.82 Å². The Kier molecular flexibility index (Phi) is 3.60. The first-order chi connectivity index (χ1) is 9.40. The molecule has 2 aliphatic rings. The van der Waals surface area contributed by atoms with Crippen LogP contribution in [0, 0.1) is 11.3 Å². The fraction of sp³-hybridized carbons (Fsp3) is 0.643. The Hall–Kier alpha value is -1.67. The summed E-state index contributed by atoms with van der Waals surface area (Å²) in [7, 11) is 0. The van der Waals surface area contributed by atoms with Crippen molar-refractivity contribution in [2.75, 3.05) is 18.0 Å². The molecular formula is C14H19N5. The van der Waals surface area contributed by atoms with Gasteiger partial charge in [-0.05, 0) is 44.7 Å². The molecule has 0 radical (unpaired) electrons. The van der Waals surface area contributed by atoms with Crippen LogP contribution in [0.15, 0.2) is 12.3 Å². The molecule has 2 atom stereocenters. The van der Waals surface area contributed by atoms with E-state index < -0.39 is 0 Å². The Labute approximate surface area is 113 Å². The SMILES string of the molecule is N#Cc1ccnnc1N1CCCCC1C1CCCN1. The molecular weight excluding hydrogens is 238 g/mol. The summed E-state index contributed by atoms with van der Waals surface area (Å²) in [5, 5.41) is 21.0. The minimum absolute atomic E-state index is 0.458. The number of nitriles is 1. The van der Waals surface area contributed by atoms with Crippen molar-refractivity contribution in [3.8, 4) is 6.07 Å². The van der Waals surface area contributed by atoms with Crippen LogP contribution in [-0.2, 0) is 0 Å². The Balaban J connectivity index is 1.89. The molecule has 1 aromatic heterocycles. The minimum Gasteiger partial charge on any atom is -0.349 e. The lowest BCUT2D eigenvalue weighted by Gasteiger charge is -2.40. The van der Waals surface area contributed by atoms with Gasteiger partial charge in [0.05, 0.1) is 11.8 Å². The van der Waals surface area contributed by atoms with Gasteiger partial charge in [0, 0.05) is 18.6 Å². The molecule has 3 rings (SSSR count). The van der Waals surface area contributed by atoms with Gasteiger partial charge in [-0.2, -0.15) is 10.4 Å². The topological polar surface area (TPSA) is 64.8 Å². The van der Waals surface area contributed by atoms with Gasteiger partial charge in [0.2, 0.25) is 0 Å². The van der Waals surface area contributed by atoms with Gasteiger partial charge in [0.1, 0.15) is 6.07 Å². The van der Waals surface area contributed by atoms with Crippen molar-refractivity contribution in [1.82, 2.24) is 15.5 Å². The molecule has 0 amide bonds. The first-order valence-electron chi connectivity index (χ1n) is 7.12. The first kappa shape index (κ1) is 12.4. The van der Waals surface area contributed by atoms with E-state index in [0.717, 1.165) is 18.9 Å². The maximum absolute atomic E-state index is 9.24. The zero-order valence-corrected chi connectivity index (χ0v) is 11.0. The third kappa shape index (κ3) is 2.41. The van der Waals surface area contributed by atoms with Crippen molar-refractivity contribution in [1.29, 1.82) is 5.26 Å². The molecule has 0 saturated carbocycles. The maximum Gasteiger partial charge on any atom is 0.169 e. The molecule has 5 heteroatoms. The predicted molar refractivity (Wildman–Crippen MR) is 72.8 cm³/mol. The quantitative estimate of drug-likeness (QED) is 0.869. The highest BCUT2D eigenvalue weighted by Gasteiger charge is 2.33. The van der Waals surface area contributed by atoms with Gasteiger partial charge in [-0.15, -0.1) is 5.10 Å². The number of hydrogen-bond acceptors (Lipinski definition) is 5. The summed E-state index contributed by atoms with van der Waals surface area (Å²) < 4.78 is 0. The summed E-state index contributed by atoms with van der Waals surface area (Å²) in [6.07, 6.45) is 7.68. The standard InChI is InChI=1S/C14H19N5/c15-10-11-6-8-17-18-14(11)19-9-2-1-5-13(19)12-4-3-7-16-12/h6,8,12-13,16H,1-5,7,9H2. The summed E-state index contributed by atoms with van der Waals surface area (Å²) in [6.45, 7) is 2.09. The molecule has 2 saturated heterocycles. The second-order valence-corrected chi connectivity index (χ2v) is 5.34. The fourth-order valence-corrected chi connectivity index (χ4v) is 3.30. The largest absolute Gasteiger partial charge is 0.349 e. The van der Waals surface area contributed by atoms with Crippen molar-refractivity contribution in [2.45, 2.75) is 44.2 Å². The van der Waals surface area contributed by atoms with Gasteiger partial charge in [-0.1, -0.05) is 0 Å². The maximum atomic E-state index is 9.24. The number of hydrogen-bond donors (Lipinski definition) is 1. The molecule has 0 aromatic carbocycles. The lowest BCUT2D eigenvalue weighted by molar-refractivity contribution is 0.375. The summed E-state index contributed by atoms with van der Waals surface area (Å²) >= 11 is 0. The van der Waals surface area contributed by atoms with E-state index in [1.807, 2.05) is 0 Å². The molecule has 19 heavy (non-hydrogen) atoms. The predicted octanol–water partition coefficient (Wildman–Crippen LogP) is 1.46. The summed E-state index contributed by atoms with van der Waals surface area (Å²) in [6, 6.07) is 4.99. The molecule has 100 valence electrons. The van der Waals surface area contributed by atoms with E-state index in [1.165, 1.54) is 32.1 Å². The third-order valence-electron chi connectivity index (χ3n) is 4.21. The normalized spacial score (nSPS) is 27.2. The highest BCUT2D eigenvalue weighted by atomic mass is 15.3. The first-order valence-corrected chi connectivity index (χ1v) is 7.12. The van der Waals surface area contributed by atoms with Crippen LogP contribution >= 0.6 is 0 Å². The van der Waals surface area contributed by atoms with E-state index in [0.29, 0.717) is 17.6 Å². The van der Waals surface area contributed by atoms with E-state index >= 15 is 0 Å².